The lowest BCUT2D eigenvalue weighted by molar-refractivity contribution is -0.376. The number of alkyl halides is 6. The van der Waals surface area contributed by atoms with Gasteiger partial charge < -0.3 is 25.7 Å². The fourth-order valence-electron chi connectivity index (χ4n) is 2.97. The molecule has 0 radical (unpaired) electrons. The van der Waals surface area contributed by atoms with Crippen LogP contribution in [0.2, 0.25) is 0 Å². The second-order valence-corrected chi connectivity index (χ2v) is 7.78. The van der Waals surface area contributed by atoms with Crippen LogP contribution in [0.25, 0.3) is 0 Å². The summed E-state index contributed by atoms with van der Waals surface area (Å²) in [4.78, 5) is 37.4. The molecule has 0 bridgehead atoms. The zero-order valence-electron chi connectivity index (χ0n) is 18.7. The van der Waals surface area contributed by atoms with Gasteiger partial charge in [0.1, 0.15) is 6.10 Å². The van der Waals surface area contributed by atoms with Gasteiger partial charge in [-0.25, -0.2) is 0 Å². The van der Waals surface area contributed by atoms with Crippen LogP contribution in [0.15, 0.2) is 48.5 Å². The molecule has 36 heavy (non-hydrogen) atoms. The first-order valence-electron chi connectivity index (χ1n) is 10.0. The fourth-order valence-corrected chi connectivity index (χ4v) is 2.97. The second-order valence-electron chi connectivity index (χ2n) is 7.78. The Morgan fingerprint density at radius 2 is 1.44 bits per heavy atom. The minimum absolute atomic E-state index is 0.0214. The average Bonchev–Trinajstić information content (AvgIpc) is 2.79. The molecule has 14 heteroatoms. The van der Waals surface area contributed by atoms with Gasteiger partial charge in [-0.3, -0.25) is 14.4 Å². The van der Waals surface area contributed by atoms with Gasteiger partial charge in [0.2, 0.25) is 0 Å². The predicted octanol–water partition coefficient (Wildman–Crippen LogP) is 2.43. The number of aliphatic hydroxyl groups is 2. The van der Waals surface area contributed by atoms with Crippen molar-refractivity contribution in [1.82, 2.24) is 10.2 Å². The van der Waals surface area contributed by atoms with E-state index in [0.717, 1.165) is 4.90 Å². The highest BCUT2D eigenvalue weighted by molar-refractivity contribution is 6.05. The third-order valence-electron chi connectivity index (χ3n) is 4.95. The van der Waals surface area contributed by atoms with Crippen molar-refractivity contribution in [3.05, 3.63) is 65.2 Å². The summed E-state index contributed by atoms with van der Waals surface area (Å²) < 4.78 is 78.0. The molecule has 0 heterocycles. The molecule has 0 aliphatic heterocycles. The second kappa shape index (κ2) is 10.5. The fraction of sp³-hybridized carbons (Fsp3) is 0.318. The largest absolute Gasteiger partial charge is 0.430 e. The van der Waals surface area contributed by atoms with Gasteiger partial charge in [-0.2, -0.15) is 26.3 Å². The summed E-state index contributed by atoms with van der Waals surface area (Å²) in [6, 6.07) is 7.32. The van der Waals surface area contributed by atoms with Crippen LogP contribution in [-0.4, -0.2) is 71.9 Å². The number of carbonyl (C=O) groups is 3. The van der Waals surface area contributed by atoms with Crippen molar-refractivity contribution >= 4 is 23.4 Å². The smallest absolute Gasteiger partial charge is 0.381 e. The van der Waals surface area contributed by atoms with E-state index in [1.165, 1.54) is 38.4 Å². The summed E-state index contributed by atoms with van der Waals surface area (Å²) >= 11 is 0. The number of nitrogens with one attached hydrogen (secondary N) is 2. The summed E-state index contributed by atoms with van der Waals surface area (Å²) in [6.07, 6.45) is -13.6. The molecule has 0 aliphatic rings. The molecule has 0 unspecified atom stereocenters. The van der Waals surface area contributed by atoms with Gasteiger partial charge in [0.25, 0.3) is 23.3 Å². The molecule has 2 aromatic rings. The predicted molar refractivity (Wildman–Crippen MR) is 114 cm³/mol. The van der Waals surface area contributed by atoms with Crippen molar-refractivity contribution in [2.45, 2.75) is 24.1 Å². The Hall–Kier alpha value is -3.65. The zero-order valence-corrected chi connectivity index (χ0v) is 18.7. The summed E-state index contributed by atoms with van der Waals surface area (Å²) in [5, 5.41) is 23.8. The highest BCUT2D eigenvalue weighted by Gasteiger charge is 2.71. The topological polar surface area (TPSA) is 119 Å². The maximum absolute atomic E-state index is 13.0. The Labute approximate surface area is 200 Å². The van der Waals surface area contributed by atoms with Crippen LogP contribution < -0.4 is 10.6 Å². The van der Waals surface area contributed by atoms with Crippen molar-refractivity contribution in [3.8, 4) is 0 Å². The third-order valence-corrected chi connectivity index (χ3v) is 4.95. The number of benzene rings is 2. The van der Waals surface area contributed by atoms with E-state index in [0.29, 0.717) is 24.3 Å². The SMILES string of the molecule is CN(C)C(=O)[C@@H](O)CNC(=O)c1cccc(NC(=O)c2ccc(C(O)(C(F)(F)F)C(F)(F)F)cc2)c1. The number of hydrogen-bond donors (Lipinski definition) is 4. The first-order valence-corrected chi connectivity index (χ1v) is 10.0. The molecule has 0 spiro atoms. The minimum atomic E-state index is -6.06. The molecule has 8 nitrogen and oxygen atoms in total. The van der Waals surface area contributed by atoms with Crippen LogP contribution in [0.4, 0.5) is 32.0 Å². The van der Waals surface area contributed by atoms with Gasteiger partial charge in [0.05, 0.1) is 6.54 Å². The Morgan fingerprint density at radius 3 is 1.94 bits per heavy atom. The van der Waals surface area contributed by atoms with Gasteiger partial charge in [-0.15, -0.1) is 0 Å². The quantitative estimate of drug-likeness (QED) is 0.418. The maximum atomic E-state index is 13.0. The molecule has 0 aromatic heterocycles. The van der Waals surface area contributed by atoms with Crippen LogP contribution in [0.1, 0.15) is 26.3 Å². The summed E-state index contributed by atoms with van der Waals surface area (Å²) in [5.41, 5.74) is -6.89. The zero-order chi connectivity index (χ0) is 27.5. The molecule has 0 aliphatic carbocycles. The first-order chi connectivity index (χ1) is 16.5. The van der Waals surface area contributed by atoms with Crippen molar-refractivity contribution < 1.29 is 50.9 Å². The van der Waals surface area contributed by atoms with Gasteiger partial charge in [-0.05, 0) is 30.3 Å². The lowest BCUT2D eigenvalue weighted by Crippen LogP contribution is -2.53. The van der Waals surface area contributed by atoms with E-state index in [1.54, 1.807) is 0 Å². The van der Waals surface area contributed by atoms with Gasteiger partial charge >= 0.3 is 12.4 Å². The highest BCUT2D eigenvalue weighted by Crippen LogP contribution is 2.49. The van der Waals surface area contributed by atoms with Crippen LogP contribution in [-0.2, 0) is 10.4 Å². The molecule has 2 rings (SSSR count). The van der Waals surface area contributed by atoms with Gasteiger partial charge in [-0.1, -0.05) is 18.2 Å². The number of hydrogen-bond acceptors (Lipinski definition) is 5. The molecule has 1 atom stereocenters. The van der Waals surface area contributed by atoms with E-state index >= 15 is 0 Å². The number of aliphatic hydroxyl groups excluding tert-OH is 1. The Morgan fingerprint density at radius 1 is 0.889 bits per heavy atom. The van der Waals surface area contributed by atoms with E-state index in [1.807, 2.05) is 0 Å². The lowest BCUT2D eigenvalue weighted by Gasteiger charge is -2.32. The van der Waals surface area contributed by atoms with E-state index in [4.69, 9.17) is 0 Å². The Bertz CT molecular complexity index is 1100. The number of carbonyl (C=O) groups excluding carboxylic acids is 3. The monoisotopic (exact) mass is 521 g/mol. The van der Waals surface area contributed by atoms with Gasteiger partial charge in [0.15, 0.2) is 0 Å². The van der Waals surface area contributed by atoms with Crippen molar-refractivity contribution in [2.75, 3.05) is 26.0 Å². The number of likely N-dealkylation sites (N-methyl/N-ethyl adjacent to an activating group) is 1. The first kappa shape index (κ1) is 28.6. The van der Waals surface area contributed by atoms with Crippen LogP contribution >= 0.6 is 0 Å². The molecule has 196 valence electrons. The maximum Gasteiger partial charge on any atom is 0.430 e. The van der Waals surface area contributed by atoms with Crippen LogP contribution in [0, 0.1) is 0 Å². The van der Waals surface area contributed by atoms with E-state index in [-0.39, 0.29) is 23.4 Å². The van der Waals surface area contributed by atoms with E-state index in [9.17, 15) is 50.9 Å². The van der Waals surface area contributed by atoms with Crippen LogP contribution in [0.5, 0.6) is 0 Å². The minimum Gasteiger partial charge on any atom is -0.381 e. The normalized spacial score (nSPS) is 13.1. The molecule has 0 fully saturated rings. The molecule has 3 amide bonds. The number of anilines is 1. The molecular weight excluding hydrogens is 500 g/mol. The standard InChI is InChI=1S/C22H21F6N3O5/c1-31(2)19(35)16(32)11-29-17(33)13-4-3-5-15(10-13)30-18(34)12-6-8-14(9-7-12)20(36,21(23,24)25)22(26,27)28/h3-10,16,32,36H,11H2,1-2H3,(H,29,33)(H,30,34)/t16-/m0/s1. The third kappa shape index (κ3) is 6.12. The molecule has 4 N–H and O–H groups in total. The number of halogens is 6. The van der Waals surface area contributed by atoms with Crippen molar-refractivity contribution in [3.63, 3.8) is 0 Å². The van der Waals surface area contributed by atoms with Crippen molar-refractivity contribution in [1.29, 1.82) is 0 Å². The van der Waals surface area contributed by atoms with Crippen LogP contribution in [0.3, 0.4) is 0 Å². The summed E-state index contributed by atoms with van der Waals surface area (Å²) in [6.45, 7) is -0.388. The average molecular weight is 521 g/mol. The Kier molecular flexibility index (Phi) is 8.37. The number of amides is 3. The molecule has 0 saturated heterocycles. The number of rotatable bonds is 7. The molecular formula is C22H21F6N3O5. The molecule has 0 saturated carbocycles. The van der Waals surface area contributed by atoms with Crippen molar-refractivity contribution in [2.24, 2.45) is 0 Å². The highest BCUT2D eigenvalue weighted by atomic mass is 19.4. The summed E-state index contributed by atoms with van der Waals surface area (Å²) in [5.74, 6) is -2.25. The molecule has 2 aromatic carbocycles. The summed E-state index contributed by atoms with van der Waals surface area (Å²) in [7, 11) is 2.83. The van der Waals surface area contributed by atoms with E-state index < -0.39 is 47.3 Å². The lowest BCUT2D eigenvalue weighted by atomic mass is 9.91. The Balaban J connectivity index is 2.14. The van der Waals surface area contributed by atoms with E-state index in [2.05, 4.69) is 10.6 Å². The number of nitrogens with zero attached hydrogens (tertiary/aromatic N) is 1. The van der Waals surface area contributed by atoms with Gasteiger partial charge in [0, 0.05) is 36.5 Å².